The average Bonchev–Trinajstić information content (AvgIpc) is 3.06. The number of methoxy groups -OCH3 is 1. The third-order valence-electron chi connectivity index (χ3n) is 5.18. The van der Waals surface area contributed by atoms with Gasteiger partial charge in [0, 0.05) is 40.1 Å². The molecule has 1 heterocycles. The highest BCUT2D eigenvalue weighted by Gasteiger charge is 2.32. The van der Waals surface area contributed by atoms with Gasteiger partial charge in [-0.05, 0) is 37.1 Å². The summed E-state index contributed by atoms with van der Waals surface area (Å²) in [5.41, 5.74) is 2.00. The van der Waals surface area contributed by atoms with E-state index in [2.05, 4.69) is 4.98 Å². The Morgan fingerprint density at radius 3 is 2.59 bits per heavy atom. The minimum atomic E-state index is -0.597. The first-order valence-corrected chi connectivity index (χ1v) is 8.70. The Labute approximate surface area is 154 Å². The first-order valence-electron chi connectivity index (χ1n) is 8.70. The molecule has 1 aliphatic carbocycles. The Morgan fingerprint density at radius 2 is 1.89 bits per heavy atom. The molecule has 0 saturated carbocycles. The van der Waals surface area contributed by atoms with Crippen LogP contribution in [0.2, 0.25) is 0 Å². The van der Waals surface area contributed by atoms with Crippen molar-refractivity contribution in [2.24, 2.45) is 0 Å². The second kappa shape index (κ2) is 6.61. The van der Waals surface area contributed by atoms with Gasteiger partial charge >= 0.3 is 5.97 Å². The molecule has 1 aliphatic rings. The van der Waals surface area contributed by atoms with Crippen molar-refractivity contribution >= 4 is 22.7 Å². The maximum absolute atomic E-state index is 14.1. The lowest BCUT2D eigenvalue weighted by Gasteiger charge is -2.22. The molecule has 6 heteroatoms. The van der Waals surface area contributed by atoms with Gasteiger partial charge in [0.2, 0.25) is 0 Å². The molecule has 0 saturated heterocycles. The van der Waals surface area contributed by atoms with Crippen LogP contribution in [0.5, 0.6) is 0 Å². The van der Waals surface area contributed by atoms with Gasteiger partial charge in [0.25, 0.3) is 0 Å². The quantitative estimate of drug-likeness (QED) is 0.690. The number of aromatic nitrogens is 1. The van der Waals surface area contributed by atoms with Gasteiger partial charge in [0.05, 0.1) is 12.7 Å². The SMILES string of the molecule is COC(=O)c1cccc2[nH]c3c(c12)C(=O)CCC3Cc1c(F)cccc1F. The van der Waals surface area contributed by atoms with Crippen molar-refractivity contribution in [3.8, 4) is 0 Å². The second-order valence-corrected chi connectivity index (χ2v) is 6.70. The zero-order chi connectivity index (χ0) is 19.1. The summed E-state index contributed by atoms with van der Waals surface area (Å²) in [4.78, 5) is 28.0. The standard InChI is InChI=1S/C21H17F2NO3/c1-27-21(26)12-4-2-7-16-18(12)19-17(25)9-8-11(20(19)24-16)10-13-14(22)5-3-6-15(13)23/h2-7,11,24H,8-10H2,1H3. The van der Waals surface area contributed by atoms with E-state index in [1.807, 2.05) is 0 Å². The zero-order valence-electron chi connectivity index (χ0n) is 14.6. The van der Waals surface area contributed by atoms with Crippen LogP contribution in [-0.2, 0) is 11.2 Å². The zero-order valence-corrected chi connectivity index (χ0v) is 14.6. The van der Waals surface area contributed by atoms with E-state index in [4.69, 9.17) is 4.74 Å². The predicted molar refractivity (Wildman–Crippen MR) is 96.0 cm³/mol. The maximum atomic E-state index is 14.1. The Kier molecular flexibility index (Phi) is 4.26. The number of fused-ring (bicyclic) bond motifs is 3. The Morgan fingerprint density at radius 1 is 1.19 bits per heavy atom. The van der Waals surface area contributed by atoms with E-state index in [1.54, 1.807) is 18.2 Å². The molecule has 0 amide bonds. The molecule has 0 spiro atoms. The molecule has 0 radical (unpaired) electrons. The van der Waals surface area contributed by atoms with Gasteiger partial charge < -0.3 is 9.72 Å². The van der Waals surface area contributed by atoms with Crippen LogP contribution in [0.4, 0.5) is 8.78 Å². The largest absolute Gasteiger partial charge is 0.465 e. The number of aromatic amines is 1. The molecule has 4 rings (SSSR count). The number of rotatable bonds is 3. The van der Waals surface area contributed by atoms with Crippen molar-refractivity contribution in [3.05, 3.63) is 70.4 Å². The number of halogens is 2. The summed E-state index contributed by atoms with van der Waals surface area (Å²) < 4.78 is 33.0. The van der Waals surface area contributed by atoms with Gasteiger partial charge in [-0.15, -0.1) is 0 Å². The van der Waals surface area contributed by atoms with Crippen LogP contribution in [0.3, 0.4) is 0 Å². The Balaban J connectivity index is 1.86. The number of nitrogens with one attached hydrogen (secondary N) is 1. The van der Waals surface area contributed by atoms with Crippen LogP contribution in [0, 0.1) is 11.6 Å². The van der Waals surface area contributed by atoms with Crippen molar-refractivity contribution in [2.75, 3.05) is 7.11 Å². The summed E-state index contributed by atoms with van der Waals surface area (Å²) in [7, 11) is 1.28. The smallest absolute Gasteiger partial charge is 0.338 e. The molecule has 3 aromatic rings. The maximum Gasteiger partial charge on any atom is 0.338 e. The Hall–Kier alpha value is -3.02. The van der Waals surface area contributed by atoms with E-state index in [1.165, 1.54) is 25.3 Å². The van der Waals surface area contributed by atoms with E-state index in [9.17, 15) is 18.4 Å². The number of esters is 1. The third kappa shape index (κ3) is 2.81. The molecule has 0 aliphatic heterocycles. The number of Topliss-reactive ketones (excluding diaryl/α,β-unsaturated/α-hetero) is 1. The highest BCUT2D eigenvalue weighted by Crippen LogP contribution is 2.39. The van der Waals surface area contributed by atoms with Crippen LogP contribution in [0.15, 0.2) is 36.4 Å². The predicted octanol–water partition coefficient (Wildman–Crippen LogP) is 4.54. The highest BCUT2D eigenvalue weighted by atomic mass is 19.1. The summed E-state index contributed by atoms with van der Waals surface area (Å²) in [5, 5.41) is 0.517. The molecule has 2 aromatic carbocycles. The minimum absolute atomic E-state index is 0.00893. The topological polar surface area (TPSA) is 59.2 Å². The van der Waals surface area contributed by atoms with Gasteiger partial charge in [-0.1, -0.05) is 12.1 Å². The van der Waals surface area contributed by atoms with Gasteiger partial charge in [-0.2, -0.15) is 0 Å². The third-order valence-corrected chi connectivity index (χ3v) is 5.18. The number of H-pyrrole nitrogens is 1. The first kappa shape index (κ1) is 17.4. The van der Waals surface area contributed by atoms with Crippen LogP contribution < -0.4 is 0 Å². The van der Waals surface area contributed by atoms with E-state index >= 15 is 0 Å². The number of carbonyl (C=O) groups excluding carboxylic acids is 2. The monoisotopic (exact) mass is 369 g/mol. The fourth-order valence-electron chi connectivity index (χ4n) is 3.90. The summed E-state index contributed by atoms with van der Waals surface area (Å²) in [5.74, 6) is -2.06. The number of ketones is 1. The molecule has 0 fully saturated rings. The van der Waals surface area contributed by atoms with E-state index in [-0.39, 0.29) is 30.1 Å². The van der Waals surface area contributed by atoms with Crippen molar-refractivity contribution < 1.29 is 23.1 Å². The van der Waals surface area contributed by atoms with Gasteiger partial charge in [0.15, 0.2) is 5.78 Å². The van der Waals surface area contributed by atoms with Crippen LogP contribution in [0.1, 0.15) is 50.7 Å². The van der Waals surface area contributed by atoms with Crippen molar-refractivity contribution in [3.63, 3.8) is 0 Å². The van der Waals surface area contributed by atoms with Gasteiger partial charge in [0.1, 0.15) is 11.6 Å². The molecule has 1 unspecified atom stereocenters. The molecule has 1 atom stereocenters. The van der Waals surface area contributed by atoms with E-state index in [0.717, 1.165) is 0 Å². The van der Waals surface area contributed by atoms with Crippen LogP contribution in [0.25, 0.3) is 10.9 Å². The molecule has 0 bridgehead atoms. The first-order chi connectivity index (χ1) is 13.0. The average molecular weight is 369 g/mol. The summed E-state index contributed by atoms with van der Waals surface area (Å²) >= 11 is 0. The Bertz CT molecular complexity index is 1050. The molecule has 4 nitrogen and oxygen atoms in total. The van der Waals surface area contributed by atoms with Gasteiger partial charge in [-0.25, -0.2) is 13.6 Å². The summed E-state index contributed by atoms with van der Waals surface area (Å²) in [6.45, 7) is 0. The number of hydrogen-bond acceptors (Lipinski definition) is 3. The lowest BCUT2D eigenvalue weighted by Crippen LogP contribution is -2.18. The van der Waals surface area contributed by atoms with Crippen molar-refractivity contribution in [1.82, 2.24) is 4.98 Å². The number of carbonyl (C=O) groups is 2. The normalized spacial score (nSPS) is 16.4. The molecule has 27 heavy (non-hydrogen) atoms. The molecule has 1 aromatic heterocycles. The van der Waals surface area contributed by atoms with Crippen molar-refractivity contribution in [1.29, 1.82) is 0 Å². The lowest BCUT2D eigenvalue weighted by molar-refractivity contribution is 0.0603. The second-order valence-electron chi connectivity index (χ2n) is 6.70. The van der Waals surface area contributed by atoms with Gasteiger partial charge in [-0.3, -0.25) is 4.79 Å². The van der Waals surface area contributed by atoms with Crippen molar-refractivity contribution in [2.45, 2.75) is 25.2 Å². The number of ether oxygens (including phenoxy) is 1. The molecule has 138 valence electrons. The lowest BCUT2D eigenvalue weighted by atomic mass is 9.81. The summed E-state index contributed by atoms with van der Waals surface area (Å²) in [6.07, 6.45) is 0.884. The minimum Gasteiger partial charge on any atom is -0.465 e. The van der Waals surface area contributed by atoms with Crippen LogP contribution in [-0.4, -0.2) is 23.8 Å². The van der Waals surface area contributed by atoms with E-state index < -0.39 is 17.6 Å². The molecular formula is C21H17F2NO3. The number of hydrogen-bond donors (Lipinski definition) is 1. The fourth-order valence-corrected chi connectivity index (χ4v) is 3.90. The number of benzene rings is 2. The van der Waals surface area contributed by atoms with E-state index in [0.29, 0.717) is 34.1 Å². The highest BCUT2D eigenvalue weighted by molar-refractivity contribution is 6.16. The fraction of sp³-hybridized carbons (Fsp3) is 0.238. The summed E-state index contributed by atoms with van der Waals surface area (Å²) in [6, 6.07) is 8.87. The molecule has 1 N–H and O–H groups in total. The molecular weight excluding hydrogens is 352 g/mol. The van der Waals surface area contributed by atoms with Crippen LogP contribution >= 0.6 is 0 Å².